The first-order valence-electron chi connectivity index (χ1n) is 6.48. The summed E-state index contributed by atoms with van der Waals surface area (Å²) in [5.74, 6) is -0.376. The van der Waals surface area contributed by atoms with Gasteiger partial charge in [-0.05, 0) is 30.5 Å². The summed E-state index contributed by atoms with van der Waals surface area (Å²) in [5.41, 5.74) is 0.670. The van der Waals surface area contributed by atoms with Crippen molar-refractivity contribution in [1.29, 1.82) is 0 Å². The fourth-order valence-electron chi connectivity index (χ4n) is 2.06. The summed E-state index contributed by atoms with van der Waals surface area (Å²) in [7, 11) is 1.60. The molecule has 1 aliphatic rings. The van der Waals surface area contributed by atoms with Crippen LogP contribution in [0.25, 0.3) is 0 Å². The third-order valence-corrected chi connectivity index (χ3v) is 3.35. The number of aliphatic hydroxyl groups is 1. The summed E-state index contributed by atoms with van der Waals surface area (Å²) < 4.78 is 12.8. The zero-order valence-corrected chi connectivity index (χ0v) is 11.0. The summed E-state index contributed by atoms with van der Waals surface area (Å²) in [6.45, 7) is 0.684. The minimum absolute atomic E-state index is 0.0572. The maximum Gasteiger partial charge on any atom is 0.233 e. The highest BCUT2D eigenvalue weighted by Gasteiger charge is 2.31. The van der Waals surface area contributed by atoms with Gasteiger partial charge in [0.25, 0.3) is 0 Å². The van der Waals surface area contributed by atoms with Gasteiger partial charge in [-0.15, -0.1) is 0 Å². The molecule has 0 aromatic heterocycles. The molecule has 0 spiro atoms. The molecular weight excluding hydrogens is 247 g/mol. The van der Waals surface area contributed by atoms with E-state index in [9.17, 15) is 14.3 Å². The normalized spacial score (nSPS) is 16.4. The molecule has 1 aliphatic carbocycles. The zero-order chi connectivity index (χ0) is 13.8. The molecule has 19 heavy (non-hydrogen) atoms. The van der Waals surface area contributed by atoms with E-state index in [1.807, 2.05) is 4.90 Å². The van der Waals surface area contributed by atoms with Crippen LogP contribution in [0, 0.1) is 5.82 Å². The molecule has 0 heterocycles. The van der Waals surface area contributed by atoms with Crippen LogP contribution in [-0.2, 0) is 4.79 Å². The van der Waals surface area contributed by atoms with Crippen molar-refractivity contribution in [3.8, 4) is 0 Å². The lowest BCUT2D eigenvalue weighted by Gasteiger charge is -2.24. The average molecular weight is 266 g/mol. The minimum Gasteiger partial charge on any atom is -0.387 e. The summed E-state index contributed by atoms with van der Waals surface area (Å²) in [6, 6.07) is 6.19. The van der Waals surface area contributed by atoms with Crippen molar-refractivity contribution in [3.05, 3.63) is 35.6 Å². The maximum absolute atomic E-state index is 12.8. The van der Waals surface area contributed by atoms with Crippen LogP contribution in [-0.4, -0.2) is 42.1 Å². The molecular formula is C14H19FN2O2. The van der Waals surface area contributed by atoms with Crippen LogP contribution in [0.3, 0.4) is 0 Å². The lowest BCUT2D eigenvalue weighted by Crippen LogP contribution is -2.39. The van der Waals surface area contributed by atoms with Crippen molar-refractivity contribution in [2.24, 2.45) is 0 Å². The van der Waals surface area contributed by atoms with Gasteiger partial charge in [0.2, 0.25) is 5.91 Å². The second-order valence-corrected chi connectivity index (χ2v) is 4.90. The SMILES string of the molecule is CNC(=O)CN(CC(O)c1ccc(F)cc1)C1CC1. The Balaban J connectivity index is 1.96. The third-order valence-electron chi connectivity index (χ3n) is 3.35. The Kier molecular flexibility index (Phi) is 4.50. The number of rotatable bonds is 6. The Bertz CT molecular complexity index is 432. The Labute approximate surface area is 112 Å². The Morgan fingerprint density at radius 1 is 1.47 bits per heavy atom. The van der Waals surface area contributed by atoms with Crippen LogP contribution < -0.4 is 5.32 Å². The number of benzene rings is 1. The van der Waals surface area contributed by atoms with Gasteiger partial charge >= 0.3 is 0 Å². The van der Waals surface area contributed by atoms with Crippen molar-refractivity contribution in [2.45, 2.75) is 25.0 Å². The fraction of sp³-hybridized carbons (Fsp3) is 0.500. The van der Waals surface area contributed by atoms with Gasteiger partial charge in [0.1, 0.15) is 5.82 Å². The number of likely N-dealkylation sites (N-methyl/N-ethyl adjacent to an activating group) is 1. The molecule has 2 N–H and O–H groups in total. The average Bonchev–Trinajstić information content (AvgIpc) is 3.22. The van der Waals surface area contributed by atoms with Crippen LogP contribution in [0.2, 0.25) is 0 Å². The molecule has 1 aromatic rings. The molecule has 0 aliphatic heterocycles. The third kappa shape index (κ3) is 4.01. The number of amides is 1. The standard InChI is InChI=1S/C14H19FN2O2/c1-16-14(19)9-17(12-6-7-12)8-13(18)10-2-4-11(15)5-3-10/h2-5,12-13,18H,6-9H2,1H3,(H,16,19). The summed E-state index contributed by atoms with van der Waals surface area (Å²) in [4.78, 5) is 13.4. The molecule has 0 bridgehead atoms. The lowest BCUT2D eigenvalue weighted by molar-refractivity contribution is -0.122. The van der Waals surface area contributed by atoms with E-state index in [4.69, 9.17) is 0 Å². The maximum atomic E-state index is 12.8. The largest absolute Gasteiger partial charge is 0.387 e. The monoisotopic (exact) mass is 266 g/mol. The molecule has 104 valence electrons. The molecule has 5 heteroatoms. The predicted octanol–water partition coefficient (Wildman–Crippen LogP) is 1.07. The van der Waals surface area contributed by atoms with Crippen molar-refractivity contribution >= 4 is 5.91 Å². The number of carbonyl (C=O) groups is 1. The molecule has 1 saturated carbocycles. The van der Waals surface area contributed by atoms with Gasteiger partial charge in [0.15, 0.2) is 0 Å². The van der Waals surface area contributed by atoms with E-state index in [-0.39, 0.29) is 11.7 Å². The first-order valence-corrected chi connectivity index (χ1v) is 6.48. The van der Waals surface area contributed by atoms with Gasteiger partial charge < -0.3 is 10.4 Å². The number of aliphatic hydroxyl groups excluding tert-OH is 1. The van der Waals surface area contributed by atoms with Crippen LogP contribution in [0.5, 0.6) is 0 Å². The summed E-state index contributed by atoms with van der Waals surface area (Å²) in [6.07, 6.45) is 1.42. The first-order chi connectivity index (χ1) is 9.10. The van der Waals surface area contributed by atoms with Crippen LogP contribution >= 0.6 is 0 Å². The van der Waals surface area contributed by atoms with Gasteiger partial charge in [-0.2, -0.15) is 0 Å². The molecule has 1 unspecified atom stereocenters. The van der Waals surface area contributed by atoms with Gasteiger partial charge in [-0.3, -0.25) is 9.69 Å². The second kappa shape index (κ2) is 6.12. The second-order valence-electron chi connectivity index (χ2n) is 4.90. The van der Waals surface area contributed by atoms with Gasteiger partial charge in [0.05, 0.1) is 12.6 Å². The quantitative estimate of drug-likeness (QED) is 0.810. The Morgan fingerprint density at radius 2 is 2.11 bits per heavy atom. The number of hydrogen-bond acceptors (Lipinski definition) is 3. The highest BCUT2D eigenvalue weighted by atomic mass is 19.1. The molecule has 2 rings (SSSR count). The van der Waals surface area contributed by atoms with E-state index in [0.29, 0.717) is 24.7 Å². The van der Waals surface area contributed by atoms with Crippen LogP contribution in [0.1, 0.15) is 24.5 Å². The summed E-state index contributed by atoms with van der Waals surface area (Å²) in [5, 5.41) is 12.7. The molecule has 1 amide bonds. The lowest BCUT2D eigenvalue weighted by atomic mass is 10.1. The van der Waals surface area contributed by atoms with E-state index in [1.54, 1.807) is 19.2 Å². The zero-order valence-electron chi connectivity index (χ0n) is 11.0. The minimum atomic E-state index is -0.703. The van der Waals surface area contributed by atoms with E-state index in [1.165, 1.54) is 12.1 Å². The highest BCUT2D eigenvalue weighted by molar-refractivity contribution is 5.77. The van der Waals surface area contributed by atoms with Gasteiger partial charge in [0, 0.05) is 19.6 Å². The number of halogens is 1. The molecule has 4 nitrogen and oxygen atoms in total. The van der Waals surface area contributed by atoms with E-state index in [2.05, 4.69) is 5.32 Å². The Hall–Kier alpha value is -1.46. The van der Waals surface area contributed by atoms with Crippen molar-refractivity contribution in [2.75, 3.05) is 20.1 Å². The van der Waals surface area contributed by atoms with Crippen LogP contribution in [0.4, 0.5) is 4.39 Å². The first kappa shape index (κ1) is 14.0. The fourth-order valence-corrected chi connectivity index (χ4v) is 2.06. The molecule has 0 saturated heterocycles. The summed E-state index contributed by atoms with van der Waals surface area (Å²) >= 11 is 0. The predicted molar refractivity (Wildman–Crippen MR) is 70.0 cm³/mol. The van der Waals surface area contributed by atoms with Crippen LogP contribution in [0.15, 0.2) is 24.3 Å². The Morgan fingerprint density at radius 3 is 2.63 bits per heavy atom. The smallest absolute Gasteiger partial charge is 0.233 e. The van der Waals surface area contributed by atoms with Crippen molar-refractivity contribution in [3.63, 3.8) is 0 Å². The number of carbonyl (C=O) groups excluding carboxylic acids is 1. The molecule has 0 radical (unpaired) electrons. The van der Waals surface area contributed by atoms with Gasteiger partial charge in [-0.1, -0.05) is 12.1 Å². The van der Waals surface area contributed by atoms with E-state index >= 15 is 0 Å². The molecule has 1 fully saturated rings. The highest BCUT2D eigenvalue weighted by Crippen LogP contribution is 2.28. The number of hydrogen-bond donors (Lipinski definition) is 2. The molecule has 1 aromatic carbocycles. The van der Waals surface area contributed by atoms with E-state index < -0.39 is 6.10 Å². The van der Waals surface area contributed by atoms with Crippen molar-refractivity contribution in [1.82, 2.24) is 10.2 Å². The number of nitrogens with one attached hydrogen (secondary N) is 1. The van der Waals surface area contributed by atoms with E-state index in [0.717, 1.165) is 12.8 Å². The van der Waals surface area contributed by atoms with Crippen molar-refractivity contribution < 1.29 is 14.3 Å². The molecule has 1 atom stereocenters. The van der Waals surface area contributed by atoms with Gasteiger partial charge in [-0.25, -0.2) is 4.39 Å². The topological polar surface area (TPSA) is 52.6 Å². The number of nitrogens with zero attached hydrogens (tertiary/aromatic N) is 1.